The molecule has 0 spiro atoms. The van der Waals surface area contributed by atoms with Crippen molar-refractivity contribution in [3.05, 3.63) is 84.4 Å². The van der Waals surface area contributed by atoms with Crippen molar-refractivity contribution in [2.45, 2.75) is 35.5 Å². The molecule has 0 bridgehead atoms. The minimum atomic E-state index is -0.0634. The van der Waals surface area contributed by atoms with Crippen LogP contribution in [0.5, 0.6) is 5.75 Å². The monoisotopic (exact) mass is 474 g/mol. The molecule has 1 aliphatic heterocycles. The predicted octanol–water partition coefficient (Wildman–Crippen LogP) is 5.66. The molecule has 0 aromatic heterocycles. The van der Waals surface area contributed by atoms with Gasteiger partial charge in [0.05, 0.1) is 7.11 Å². The van der Waals surface area contributed by atoms with Crippen LogP contribution >= 0.6 is 11.8 Å². The number of amides is 2. The molecule has 176 valence electrons. The van der Waals surface area contributed by atoms with Crippen LogP contribution in [0, 0.1) is 5.92 Å². The van der Waals surface area contributed by atoms with E-state index in [-0.39, 0.29) is 17.7 Å². The average Bonchev–Trinajstić information content (AvgIpc) is 2.89. The van der Waals surface area contributed by atoms with Crippen LogP contribution in [0.15, 0.2) is 88.7 Å². The van der Waals surface area contributed by atoms with E-state index in [1.807, 2.05) is 83.8 Å². The molecule has 34 heavy (non-hydrogen) atoms. The number of nitrogens with zero attached hydrogens (tertiary/aromatic N) is 1. The Labute approximate surface area is 205 Å². The van der Waals surface area contributed by atoms with Crippen LogP contribution in [-0.2, 0) is 16.0 Å². The van der Waals surface area contributed by atoms with Crippen LogP contribution in [0.3, 0.4) is 0 Å². The highest BCUT2D eigenvalue weighted by atomic mass is 32.2. The van der Waals surface area contributed by atoms with Crippen molar-refractivity contribution in [2.75, 3.05) is 25.5 Å². The van der Waals surface area contributed by atoms with Gasteiger partial charge in [0.1, 0.15) is 5.75 Å². The second kappa shape index (κ2) is 11.7. The van der Waals surface area contributed by atoms with Gasteiger partial charge in [-0.25, -0.2) is 0 Å². The average molecular weight is 475 g/mol. The van der Waals surface area contributed by atoms with E-state index < -0.39 is 0 Å². The molecular formula is C28H30N2O3S. The lowest BCUT2D eigenvalue weighted by atomic mass is 9.95. The topological polar surface area (TPSA) is 58.6 Å². The number of rotatable bonds is 8. The number of likely N-dealkylation sites (tertiary alicyclic amines) is 1. The lowest BCUT2D eigenvalue weighted by Crippen LogP contribution is -2.41. The minimum Gasteiger partial charge on any atom is -0.497 e. The Kier molecular flexibility index (Phi) is 8.26. The van der Waals surface area contributed by atoms with Crippen LogP contribution in [-0.4, -0.2) is 36.9 Å². The summed E-state index contributed by atoms with van der Waals surface area (Å²) in [6.07, 6.45) is 2.68. The maximum Gasteiger partial charge on any atom is 0.227 e. The van der Waals surface area contributed by atoms with Crippen LogP contribution < -0.4 is 10.1 Å². The highest BCUT2D eigenvalue weighted by molar-refractivity contribution is 7.99. The first kappa shape index (κ1) is 23.9. The van der Waals surface area contributed by atoms with Crippen LogP contribution in [0.4, 0.5) is 5.69 Å². The maximum absolute atomic E-state index is 12.8. The van der Waals surface area contributed by atoms with Gasteiger partial charge in [0.15, 0.2) is 0 Å². The number of carbonyl (C=O) groups excluding carboxylic acids is 2. The van der Waals surface area contributed by atoms with Gasteiger partial charge < -0.3 is 15.0 Å². The summed E-state index contributed by atoms with van der Waals surface area (Å²) in [4.78, 5) is 29.4. The molecule has 3 aromatic rings. The second-order valence-electron chi connectivity index (χ2n) is 8.43. The molecule has 0 saturated carbocycles. The van der Waals surface area contributed by atoms with E-state index in [2.05, 4.69) is 5.32 Å². The first-order valence-corrected chi connectivity index (χ1v) is 12.5. The van der Waals surface area contributed by atoms with E-state index in [4.69, 9.17) is 4.74 Å². The fourth-order valence-electron chi connectivity index (χ4n) is 4.08. The molecule has 0 radical (unpaired) electrons. The molecule has 1 fully saturated rings. The number of hydrogen-bond acceptors (Lipinski definition) is 4. The van der Waals surface area contributed by atoms with E-state index >= 15 is 0 Å². The summed E-state index contributed by atoms with van der Waals surface area (Å²) in [6.45, 7) is 1.28. The highest BCUT2D eigenvalue weighted by Gasteiger charge is 2.27. The van der Waals surface area contributed by atoms with Gasteiger partial charge in [-0.3, -0.25) is 9.59 Å². The van der Waals surface area contributed by atoms with Crippen molar-refractivity contribution in [3.63, 3.8) is 0 Å². The minimum absolute atomic E-state index is 0.0342. The molecule has 1 aliphatic rings. The van der Waals surface area contributed by atoms with E-state index in [9.17, 15) is 9.59 Å². The number of anilines is 1. The van der Waals surface area contributed by atoms with Gasteiger partial charge in [0.2, 0.25) is 11.8 Å². The van der Waals surface area contributed by atoms with Gasteiger partial charge in [0, 0.05) is 40.9 Å². The van der Waals surface area contributed by atoms with Gasteiger partial charge in [-0.05, 0) is 73.4 Å². The largest absolute Gasteiger partial charge is 0.497 e. The summed E-state index contributed by atoms with van der Waals surface area (Å²) in [5.41, 5.74) is 1.98. The second-order valence-corrected chi connectivity index (χ2v) is 9.58. The molecule has 1 heterocycles. The van der Waals surface area contributed by atoms with E-state index in [0.29, 0.717) is 32.4 Å². The number of aryl methyl sites for hydroxylation is 1. The molecule has 4 rings (SSSR count). The van der Waals surface area contributed by atoms with Gasteiger partial charge in [-0.15, -0.1) is 0 Å². The van der Waals surface area contributed by atoms with E-state index in [1.165, 1.54) is 5.56 Å². The summed E-state index contributed by atoms with van der Waals surface area (Å²) >= 11 is 1.66. The maximum atomic E-state index is 12.8. The standard InChI is InChI=1S/C28H30N2O3S/c1-33-24-10-14-26(15-11-24)34-25-12-8-23(9-13-25)29-28(32)22-17-19-30(20-18-22)27(31)16-7-21-5-3-2-4-6-21/h2-6,8-15,22H,7,16-20H2,1H3,(H,29,32). The highest BCUT2D eigenvalue weighted by Crippen LogP contribution is 2.30. The number of nitrogens with one attached hydrogen (secondary N) is 1. The van der Waals surface area contributed by atoms with Crippen molar-refractivity contribution in [1.29, 1.82) is 0 Å². The SMILES string of the molecule is COc1ccc(Sc2ccc(NC(=O)C3CCN(C(=O)CCc4ccccc4)CC3)cc2)cc1. The number of methoxy groups -OCH3 is 1. The zero-order valence-corrected chi connectivity index (χ0v) is 20.2. The van der Waals surface area contributed by atoms with Gasteiger partial charge in [-0.2, -0.15) is 0 Å². The van der Waals surface area contributed by atoms with Crippen molar-refractivity contribution >= 4 is 29.3 Å². The fraction of sp³-hybridized carbons (Fsp3) is 0.286. The normalized spacial score (nSPS) is 14.0. The summed E-state index contributed by atoms with van der Waals surface area (Å²) in [6, 6.07) is 25.9. The Morgan fingerprint density at radius 2 is 1.53 bits per heavy atom. The van der Waals surface area contributed by atoms with Crippen LogP contribution in [0.1, 0.15) is 24.8 Å². The predicted molar refractivity (Wildman–Crippen MR) is 136 cm³/mol. The number of benzene rings is 3. The van der Waals surface area contributed by atoms with Crippen LogP contribution in [0.2, 0.25) is 0 Å². The molecule has 1 saturated heterocycles. The Morgan fingerprint density at radius 3 is 2.15 bits per heavy atom. The molecule has 0 aliphatic carbocycles. The first-order chi connectivity index (χ1) is 16.6. The molecule has 3 aromatic carbocycles. The summed E-state index contributed by atoms with van der Waals surface area (Å²) in [5.74, 6) is 0.982. The zero-order chi connectivity index (χ0) is 23.8. The van der Waals surface area contributed by atoms with Gasteiger partial charge in [-0.1, -0.05) is 42.1 Å². The third-order valence-corrected chi connectivity index (χ3v) is 7.12. The third-order valence-electron chi connectivity index (χ3n) is 6.11. The molecule has 1 N–H and O–H groups in total. The molecule has 5 nitrogen and oxygen atoms in total. The van der Waals surface area contributed by atoms with Crippen molar-refractivity contribution in [3.8, 4) is 5.75 Å². The molecule has 0 unspecified atom stereocenters. The van der Waals surface area contributed by atoms with Crippen molar-refractivity contribution in [1.82, 2.24) is 4.90 Å². The van der Waals surface area contributed by atoms with E-state index in [0.717, 1.165) is 27.6 Å². The molecule has 6 heteroatoms. The first-order valence-electron chi connectivity index (χ1n) is 11.7. The smallest absolute Gasteiger partial charge is 0.227 e. The van der Waals surface area contributed by atoms with Crippen molar-refractivity contribution in [2.24, 2.45) is 5.92 Å². The molecular weight excluding hydrogens is 444 g/mol. The number of carbonyl (C=O) groups is 2. The Balaban J connectivity index is 1.21. The van der Waals surface area contributed by atoms with Gasteiger partial charge >= 0.3 is 0 Å². The quantitative estimate of drug-likeness (QED) is 0.458. The Hall–Kier alpha value is -3.25. The summed E-state index contributed by atoms with van der Waals surface area (Å²) in [5, 5.41) is 3.04. The van der Waals surface area contributed by atoms with Gasteiger partial charge in [0.25, 0.3) is 0 Å². The lowest BCUT2D eigenvalue weighted by molar-refractivity contribution is -0.134. The number of piperidine rings is 1. The number of ether oxygens (including phenoxy) is 1. The van der Waals surface area contributed by atoms with Crippen molar-refractivity contribution < 1.29 is 14.3 Å². The van der Waals surface area contributed by atoms with Crippen LogP contribution in [0.25, 0.3) is 0 Å². The zero-order valence-electron chi connectivity index (χ0n) is 19.4. The Bertz CT molecular complexity index is 1080. The Morgan fingerprint density at radius 1 is 0.912 bits per heavy atom. The molecule has 2 amide bonds. The van der Waals surface area contributed by atoms with E-state index in [1.54, 1.807) is 18.9 Å². The molecule has 0 atom stereocenters. The fourth-order valence-corrected chi connectivity index (χ4v) is 4.89. The third kappa shape index (κ3) is 6.64. The lowest BCUT2D eigenvalue weighted by Gasteiger charge is -2.31. The summed E-state index contributed by atoms with van der Waals surface area (Å²) < 4.78 is 5.20. The number of hydrogen-bond donors (Lipinski definition) is 1. The summed E-state index contributed by atoms with van der Waals surface area (Å²) in [7, 11) is 1.66.